The van der Waals surface area contributed by atoms with Crippen LogP contribution in [0, 0.1) is 0 Å². The fourth-order valence-corrected chi connectivity index (χ4v) is 1.79. The summed E-state index contributed by atoms with van der Waals surface area (Å²) in [5, 5.41) is 6.18. The molecule has 0 heterocycles. The summed E-state index contributed by atoms with van der Waals surface area (Å²) in [4.78, 5) is 11.8. The predicted octanol–water partition coefficient (Wildman–Crippen LogP) is 3.66. The Morgan fingerprint density at radius 2 is 2.06 bits per heavy atom. The Hall–Kier alpha value is -1.42. The topological polar surface area (TPSA) is 50.4 Å². The van der Waals surface area contributed by atoms with Gasteiger partial charge in [-0.25, -0.2) is 4.79 Å². The Morgan fingerprint density at radius 1 is 1.39 bits per heavy atom. The van der Waals surface area contributed by atoms with Crippen LogP contribution in [0.15, 0.2) is 18.2 Å². The summed E-state index contributed by atoms with van der Waals surface area (Å²) < 4.78 is 5.16. The SMILES string of the molecule is CCC(CC)NC(=O)Nc1cc(Cl)ccc1OC. The van der Waals surface area contributed by atoms with Gasteiger partial charge in [-0.2, -0.15) is 0 Å². The Labute approximate surface area is 113 Å². The van der Waals surface area contributed by atoms with Crippen LogP contribution in [0.25, 0.3) is 0 Å². The van der Waals surface area contributed by atoms with Crippen LogP contribution < -0.4 is 15.4 Å². The van der Waals surface area contributed by atoms with Gasteiger partial charge in [-0.05, 0) is 31.0 Å². The summed E-state index contributed by atoms with van der Waals surface area (Å²) >= 11 is 5.89. The number of carbonyl (C=O) groups is 1. The third kappa shape index (κ3) is 4.11. The molecule has 0 saturated carbocycles. The zero-order valence-electron chi connectivity index (χ0n) is 10.9. The molecule has 1 aromatic carbocycles. The van der Waals surface area contributed by atoms with Gasteiger partial charge in [-0.15, -0.1) is 0 Å². The van der Waals surface area contributed by atoms with Crippen LogP contribution in [0.4, 0.5) is 10.5 Å². The third-order valence-electron chi connectivity index (χ3n) is 2.73. The number of anilines is 1. The van der Waals surface area contributed by atoms with Crippen LogP contribution in [0.2, 0.25) is 5.02 Å². The zero-order chi connectivity index (χ0) is 13.5. The molecule has 0 aromatic heterocycles. The lowest BCUT2D eigenvalue weighted by Gasteiger charge is -2.16. The zero-order valence-corrected chi connectivity index (χ0v) is 11.7. The molecule has 0 spiro atoms. The minimum absolute atomic E-state index is 0.176. The monoisotopic (exact) mass is 270 g/mol. The fraction of sp³-hybridized carbons (Fsp3) is 0.462. The van der Waals surface area contributed by atoms with E-state index in [9.17, 15) is 4.79 Å². The van der Waals surface area contributed by atoms with Crippen LogP contribution >= 0.6 is 11.6 Å². The first-order valence-corrected chi connectivity index (χ1v) is 6.39. The molecule has 0 fully saturated rings. The van der Waals surface area contributed by atoms with Gasteiger partial charge in [0.1, 0.15) is 5.75 Å². The molecule has 0 unspecified atom stereocenters. The molecule has 18 heavy (non-hydrogen) atoms. The molecule has 0 radical (unpaired) electrons. The molecule has 100 valence electrons. The first kappa shape index (κ1) is 14.6. The summed E-state index contributed by atoms with van der Waals surface area (Å²) in [5.74, 6) is 0.582. The smallest absolute Gasteiger partial charge is 0.319 e. The maximum Gasteiger partial charge on any atom is 0.319 e. The van der Waals surface area contributed by atoms with Gasteiger partial charge in [0.2, 0.25) is 0 Å². The highest BCUT2D eigenvalue weighted by Gasteiger charge is 2.11. The van der Waals surface area contributed by atoms with E-state index in [4.69, 9.17) is 16.3 Å². The van der Waals surface area contributed by atoms with Gasteiger partial charge >= 0.3 is 6.03 Å². The molecule has 0 aliphatic carbocycles. The van der Waals surface area contributed by atoms with Gasteiger partial charge in [0.05, 0.1) is 12.8 Å². The minimum atomic E-state index is -0.246. The van der Waals surface area contributed by atoms with Gasteiger partial charge in [-0.3, -0.25) is 0 Å². The highest BCUT2D eigenvalue weighted by molar-refractivity contribution is 6.31. The first-order valence-electron chi connectivity index (χ1n) is 6.01. The molecule has 1 rings (SSSR count). The average molecular weight is 271 g/mol. The lowest BCUT2D eigenvalue weighted by atomic mass is 10.2. The maximum atomic E-state index is 11.8. The molecule has 2 N–H and O–H groups in total. The molecular formula is C13H19ClN2O2. The van der Waals surface area contributed by atoms with Crippen molar-refractivity contribution in [2.45, 2.75) is 32.7 Å². The predicted molar refractivity (Wildman–Crippen MR) is 74.5 cm³/mol. The van der Waals surface area contributed by atoms with Crippen LogP contribution in [0.3, 0.4) is 0 Å². The van der Waals surface area contributed by atoms with Crippen molar-refractivity contribution in [3.8, 4) is 5.75 Å². The van der Waals surface area contributed by atoms with Gasteiger partial charge in [-0.1, -0.05) is 25.4 Å². The second kappa shape index (κ2) is 7.11. The van der Waals surface area contributed by atoms with E-state index in [-0.39, 0.29) is 12.1 Å². The summed E-state index contributed by atoms with van der Waals surface area (Å²) in [6.45, 7) is 4.07. The van der Waals surface area contributed by atoms with Crippen LogP contribution in [-0.4, -0.2) is 19.2 Å². The number of ether oxygens (including phenoxy) is 1. The maximum absolute atomic E-state index is 11.8. The molecular weight excluding hydrogens is 252 g/mol. The van der Waals surface area contributed by atoms with Gasteiger partial charge in [0.25, 0.3) is 0 Å². The number of nitrogens with one attached hydrogen (secondary N) is 2. The highest BCUT2D eigenvalue weighted by Crippen LogP contribution is 2.27. The van der Waals surface area contributed by atoms with E-state index in [1.807, 2.05) is 13.8 Å². The molecule has 0 bridgehead atoms. The summed E-state index contributed by atoms with van der Waals surface area (Å²) in [6, 6.07) is 5.02. The number of amides is 2. The van der Waals surface area contributed by atoms with Crippen molar-refractivity contribution < 1.29 is 9.53 Å². The van der Waals surface area contributed by atoms with Crippen molar-refractivity contribution >= 4 is 23.3 Å². The largest absolute Gasteiger partial charge is 0.495 e. The van der Waals surface area contributed by atoms with Crippen LogP contribution in [0.1, 0.15) is 26.7 Å². The molecule has 0 aliphatic heterocycles. The summed E-state index contributed by atoms with van der Waals surface area (Å²) in [5.41, 5.74) is 0.563. The number of hydrogen-bond acceptors (Lipinski definition) is 2. The van der Waals surface area contributed by atoms with E-state index < -0.39 is 0 Å². The molecule has 1 aromatic rings. The number of methoxy groups -OCH3 is 1. The number of urea groups is 1. The number of rotatable bonds is 5. The lowest BCUT2D eigenvalue weighted by Crippen LogP contribution is -2.37. The molecule has 0 saturated heterocycles. The van der Waals surface area contributed by atoms with E-state index in [0.717, 1.165) is 12.8 Å². The quantitative estimate of drug-likeness (QED) is 0.858. The number of carbonyl (C=O) groups excluding carboxylic acids is 1. The Bertz CT molecular complexity index is 406. The standard InChI is InChI=1S/C13H19ClN2O2/c1-4-10(5-2)15-13(17)16-11-8-9(14)6-7-12(11)18-3/h6-8,10H,4-5H2,1-3H3,(H2,15,16,17). The second-order valence-electron chi connectivity index (χ2n) is 3.96. The number of hydrogen-bond donors (Lipinski definition) is 2. The number of benzene rings is 1. The Kier molecular flexibility index (Phi) is 5.78. The molecule has 2 amide bonds. The van der Waals surface area contributed by atoms with Crippen molar-refractivity contribution in [2.75, 3.05) is 12.4 Å². The molecule has 0 aliphatic rings. The van der Waals surface area contributed by atoms with E-state index in [1.54, 1.807) is 25.3 Å². The molecule has 5 heteroatoms. The van der Waals surface area contributed by atoms with Gasteiger partial charge < -0.3 is 15.4 Å². The average Bonchev–Trinajstić information content (AvgIpc) is 2.36. The number of halogens is 1. The van der Waals surface area contributed by atoms with Crippen molar-refractivity contribution in [1.29, 1.82) is 0 Å². The van der Waals surface area contributed by atoms with Gasteiger partial charge in [0, 0.05) is 11.1 Å². The summed E-state index contributed by atoms with van der Waals surface area (Å²) in [7, 11) is 1.55. The Balaban J connectivity index is 2.71. The summed E-state index contributed by atoms with van der Waals surface area (Å²) in [6.07, 6.45) is 1.80. The Morgan fingerprint density at radius 3 is 2.61 bits per heavy atom. The van der Waals surface area contributed by atoms with E-state index >= 15 is 0 Å². The second-order valence-corrected chi connectivity index (χ2v) is 4.39. The highest BCUT2D eigenvalue weighted by atomic mass is 35.5. The van der Waals surface area contributed by atoms with E-state index in [2.05, 4.69) is 10.6 Å². The fourth-order valence-electron chi connectivity index (χ4n) is 1.61. The van der Waals surface area contributed by atoms with Crippen molar-refractivity contribution in [3.05, 3.63) is 23.2 Å². The first-order chi connectivity index (χ1) is 8.60. The molecule has 0 atom stereocenters. The van der Waals surface area contributed by atoms with Gasteiger partial charge in [0.15, 0.2) is 0 Å². The van der Waals surface area contributed by atoms with Crippen LogP contribution in [-0.2, 0) is 0 Å². The van der Waals surface area contributed by atoms with Crippen LogP contribution in [0.5, 0.6) is 5.75 Å². The third-order valence-corrected chi connectivity index (χ3v) is 2.97. The van der Waals surface area contributed by atoms with Crippen molar-refractivity contribution in [3.63, 3.8) is 0 Å². The lowest BCUT2D eigenvalue weighted by molar-refractivity contribution is 0.247. The minimum Gasteiger partial charge on any atom is -0.495 e. The van der Waals surface area contributed by atoms with Crippen molar-refractivity contribution in [2.24, 2.45) is 0 Å². The van der Waals surface area contributed by atoms with Crippen molar-refractivity contribution in [1.82, 2.24) is 5.32 Å². The van der Waals surface area contributed by atoms with E-state index in [0.29, 0.717) is 16.5 Å². The molecule has 4 nitrogen and oxygen atoms in total. The van der Waals surface area contributed by atoms with E-state index in [1.165, 1.54) is 0 Å². The normalized spacial score (nSPS) is 10.3.